The zero-order chi connectivity index (χ0) is 17.8. The van der Waals surface area contributed by atoms with Gasteiger partial charge in [-0.3, -0.25) is 9.59 Å². The Balaban J connectivity index is 1.51. The number of hydrogen-bond acceptors (Lipinski definition) is 3. The number of hydrogen-bond donors (Lipinski definition) is 1. The molecule has 1 aliphatic heterocycles. The first-order valence-electron chi connectivity index (χ1n) is 8.65. The first-order valence-corrected chi connectivity index (χ1v) is 8.65. The summed E-state index contributed by atoms with van der Waals surface area (Å²) in [6.07, 6.45) is 6.52. The van der Waals surface area contributed by atoms with Crippen LogP contribution in [0.25, 0.3) is 0 Å². The monoisotopic (exact) mass is 340 g/mol. The highest BCUT2D eigenvalue weighted by atomic mass is 16.2. The first-order chi connectivity index (χ1) is 12.0. The fourth-order valence-electron chi connectivity index (χ4n) is 3.28. The van der Waals surface area contributed by atoms with Gasteiger partial charge >= 0.3 is 0 Å². The van der Waals surface area contributed by atoms with Crippen LogP contribution in [0.3, 0.4) is 0 Å². The second-order valence-electron chi connectivity index (χ2n) is 6.70. The summed E-state index contributed by atoms with van der Waals surface area (Å²) in [4.78, 5) is 30.4. The molecule has 6 heteroatoms. The van der Waals surface area contributed by atoms with Crippen LogP contribution >= 0.6 is 0 Å². The summed E-state index contributed by atoms with van der Waals surface area (Å²) in [5.41, 5.74) is 3.13. The maximum atomic E-state index is 12.4. The van der Waals surface area contributed by atoms with E-state index in [0.717, 1.165) is 29.8 Å². The number of aryl methyl sites for hydroxylation is 3. The number of rotatable bonds is 6. The van der Waals surface area contributed by atoms with Crippen molar-refractivity contribution in [1.82, 2.24) is 14.9 Å². The number of benzene rings is 1. The molecule has 0 aliphatic carbocycles. The average Bonchev–Trinajstić information content (AvgIpc) is 3.20. The van der Waals surface area contributed by atoms with Crippen molar-refractivity contribution in [2.75, 3.05) is 18.0 Å². The molecular weight excluding hydrogens is 316 g/mol. The van der Waals surface area contributed by atoms with E-state index < -0.39 is 0 Å². The smallest absolute Gasteiger partial charge is 0.227 e. The summed E-state index contributed by atoms with van der Waals surface area (Å²) >= 11 is 0. The number of anilines is 1. The number of nitrogens with zero attached hydrogens (tertiary/aromatic N) is 3. The summed E-state index contributed by atoms with van der Waals surface area (Å²) in [5.74, 6) is -0.295. The molecular formula is C19H24N4O2. The van der Waals surface area contributed by atoms with Gasteiger partial charge in [0.1, 0.15) is 0 Å². The molecule has 25 heavy (non-hydrogen) atoms. The highest BCUT2D eigenvalue weighted by Gasteiger charge is 2.35. The van der Waals surface area contributed by atoms with Gasteiger partial charge in [0, 0.05) is 44.1 Å². The second kappa shape index (κ2) is 7.51. The van der Waals surface area contributed by atoms with E-state index in [0.29, 0.717) is 13.1 Å². The van der Waals surface area contributed by atoms with Gasteiger partial charge in [0.2, 0.25) is 11.8 Å². The van der Waals surface area contributed by atoms with Crippen LogP contribution in [0.4, 0.5) is 5.69 Å². The van der Waals surface area contributed by atoms with Gasteiger partial charge in [0.25, 0.3) is 0 Å². The van der Waals surface area contributed by atoms with Gasteiger partial charge in [-0.25, -0.2) is 4.98 Å². The summed E-state index contributed by atoms with van der Waals surface area (Å²) in [6.45, 7) is 5.90. The molecule has 1 atom stereocenters. The third kappa shape index (κ3) is 4.26. The molecule has 1 fully saturated rings. The minimum Gasteiger partial charge on any atom is -0.356 e. The molecule has 0 bridgehead atoms. The lowest BCUT2D eigenvalue weighted by atomic mass is 10.1. The van der Waals surface area contributed by atoms with Crippen molar-refractivity contribution in [3.05, 3.63) is 48.0 Å². The Hall–Kier alpha value is -2.63. The van der Waals surface area contributed by atoms with E-state index in [1.54, 1.807) is 17.4 Å². The third-order valence-electron chi connectivity index (χ3n) is 4.47. The fraction of sp³-hybridized carbons (Fsp3) is 0.421. The van der Waals surface area contributed by atoms with Crippen LogP contribution in [0.1, 0.15) is 24.0 Å². The number of nitrogens with one attached hydrogen (secondary N) is 1. The van der Waals surface area contributed by atoms with Crippen LogP contribution in [0.15, 0.2) is 36.9 Å². The normalized spacial score (nSPS) is 17.1. The molecule has 3 rings (SSSR count). The molecule has 1 aromatic heterocycles. The lowest BCUT2D eigenvalue weighted by Gasteiger charge is -2.18. The Morgan fingerprint density at radius 3 is 2.72 bits per heavy atom. The Morgan fingerprint density at radius 2 is 2.04 bits per heavy atom. The maximum Gasteiger partial charge on any atom is 0.227 e. The van der Waals surface area contributed by atoms with Gasteiger partial charge in [-0.2, -0.15) is 0 Å². The van der Waals surface area contributed by atoms with Crippen molar-refractivity contribution in [3.63, 3.8) is 0 Å². The van der Waals surface area contributed by atoms with Gasteiger partial charge < -0.3 is 14.8 Å². The molecule has 1 unspecified atom stereocenters. The number of carbonyl (C=O) groups is 2. The molecule has 1 saturated heterocycles. The summed E-state index contributed by atoms with van der Waals surface area (Å²) in [6, 6.07) is 6.07. The van der Waals surface area contributed by atoms with Crippen LogP contribution in [0.2, 0.25) is 0 Å². The van der Waals surface area contributed by atoms with E-state index >= 15 is 0 Å². The Morgan fingerprint density at radius 1 is 1.28 bits per heavy atom. The second-order valence-corrected chi connectivity index (χ2v) is 6.70. The molecule has 6 nitrogen and oxygen atoms in total. The summed E-state index contributed by atoms with van der Waals surface area (Å²) in [7, 11) is 0. The van der Waals surface area contributed by atoms with Gasteiger partial charge in [-0.15, -0.1) is 0 Å². The van der Waals surface area contributed by atoms with Crippen molar-refractivity contribution in [1.29, 1.82) is 0 Å². The predicted octanol–water partition coefficient (Wildman–Crippen LogP) is 2.06. The van der Waals surface area contributed by atoms with E-state index in [-0.39, 0.29) is 24.2 Å². The fourth-order valence-corrected chi connectivity index (χ4v) is 3.28. The maximum absolute atomic E-state index is 12.4. The summed E-state index contributed by atoms with van der Waals surface area (Å²) in [5, 5.41) is 2.95. The topological polar surface area (TPSA) is 67.2 Å². The standard InChI is InChI=1S/C19H24N4O2/c1-14-8-15(2)10-17(9-14)23-12-16(11-18(23)24)19(25)21-4-3-6-22-7-5-20-13-22/h5,7-10,13,16H,3-4,6,11-12H2,1-2H3,(H,21,25). The van der Waals surface area contributed by atoms with Gasteiger partial charge in [0.05, 0.1) is 12.2 Å². The zero-order valence-corrected chi connectivity index (χ0v) is 14.7. The van der Waals surface area contributed by atoms with Crippen LogP contribution in [-0.4, -0.2) is 34.5 Å². The molecule has 0 saturated carbocycles. The van der Waals surface area contributed by atoms with E-state index in [4.69, 9.17) is 0 Å². The third-order valence-corrected chi connectivity index (χ3v) is 4.47. The first kappa shape index (κ1) is 17.2. The lowest BCUT2D eigenvalue weighted by molar-refractivity contribution is -0.126. The van der Waals surface area contributed by atoms with Crippen molar-refractivity contribution in [3.8, 4) is 0 Å². The van der Waals surface area contributed by atoms with E-state index in [1.807, 2.05) is 36.7 Å². The minimum absolute atomic E-state index is 0.0172. The predicted molar refractivity (Wildman–Crippen MR) is 96.2 cm³/mol. The lowest BCUT2D eigenvalue weighted by Crippen LogP contribution is -2.33. The van der Waals surface area contributed by atoms with Crippen molar-refractivity contribution in [2.24, 2.45) is 5.92 Å². The molecule has 0 spiro atoms. The molecule has 1 aromatic carbocycles. The molecule has 2 heterocycles. The zero-order valence-electron chi connectivity index (χ0n) is 14.7. The van der Waals surface area contributed by atoms with Crippen molar-refractivity contribution >= 4 is 17.5 Å². The summed E-state index contributed by atoms with van der Waals surface area (Å²) < 4.78 is 1.98. The number of aromatic nitrogens is 2. The molecule has 1 aliphatic rings. The van der Waals surface area contributed by atoms with Crippen molar-refractivity contribution in [2.45, 2.75) is 33.2 Å². The molecule has 0 radical (unpaired) electrons. The Bertz CT molecular complexity index is 735. The quantitative estimate of drug-likeness (QED) is 0.819. The van der Waals surface area contributed by atoms with Crippen LogP contribution in [0.5, 0.6) is 0 Å². The largest absolute Gasteiger partial charge is 0.356 e. The van der Waals surface area contributed by atoms with Gasteiger partial charge in [0.15, 0.2) is 0 Å². The Labute approximate surface area is 147 Å². The Kier molecular flexibility index (Phi) is 5.16. The van der Waals surface area contributed by atoms with Gasteiger partial charge in [-0.05, 0) is 43.5 Å². The minimum atomic E-state index is -0.276. The average molecular weight is 340 g/mol. The number of imidazole rings is 1. The van der Waals surface area contributed by atoms with E-state index in [9.17, 15) is 9.59 Å². The molecule has 2 aromatic rings. The SMILES string of the molecule is Cc1cc(C)cc(N2CC(C(=O)NCCCn3ccnc3)CC2=O)c1. The van der Waals surface area contributed by atoms with Crippen molar-refractivity contribution < 1.29 is 9.59 Å². The van der Waals surface area contributed by atoms with E-state index in [1.165, 1.54) is 0 Å². The number of carbonyl (C=O) groups excluding carboxylic acids is 2. The highest BCUT2D eigenvalue weighted by molar-refractivity contribution is 6.00. The van der Waals surface area contributed by atoms with Crippen LogP contribution < -0.4 is 10.2 Å². The van der Waals surface area contributed by atoms with Crippen LogP contribution in [0, 0.1) is 19.8 Å². The van der Waals surface area contributed by atoms with Gasteiger partial charge in [-0.1, -0.05) is 6.07 Å². The van der Waals surface area contributed by atoms with E-state index in [2.05, 4.69) is 16.4 Å². The number of amides is 2. The molecule has 2 amide bonds. The highest BCUT2D eigenvalue weighted by Crippen LogP contribution is 2.27. The molecule has 132 valence electrons. The molecule has 1 N–H and O–H groups in total. The van der Waals surface area contributed by atoms with Crippen LogP contribution in [-0.2, 0) is 16.1 Å².